The molecular formula is C10H12NaO6+. The van der Waals surface area contributed by atoms with Crippen LogP contribution in [-0.4, -0.2) is 36.4 Å². The smallest absolute Gasteiger partial charge is 0.504 e. The number of hydrogen-bond acceptors (Lipinski definition) is 6. The zero-order chi connectivity index (χ0) is 12.3. The molecule has 0 fully saturated rings. The third kappa shape index (κ3) is 3.24. The molecule has 0 atom stereocenters. The number of hydrogen-bond donors (Lipinski definition) is 2. The van der Waals surface area contributed by atoms with Crippen molar-refractivity contribution in [3.63, 3.8) is 0 Å². The maximum absolute atomic E-state index is 11.2. The van der Waals surface area contributed by atoms with Crippen molar-refractivity contribution in [3.8, 4) is 0 Å². The van der Waals surface area contributed by atoms with Crippen LogP contribution >= 0.6 is 0 Å². The van der Waals surface area contributed by atoms with E-state index in [1.54, 1.807) is 0 Å². The van der Waals surface area contributed by atoms with E-state index in [1.807, 2.05) is 0 Å². The van der Waals surface area contributed by atoms with Crippen LogP contribution in [0.3, 0.4) is 0 Å². The van der Waals surface area contributed by atoms with E-state index in [1.165, 1.54) is 14.2 Å². The number of rotatable bonds is 2. The van der Waals surface area contributed by atoms with Crippen LogP contribution in [-0.2, 0) is 19.1 Å². The van der Waals surface area contributed by atoms with Crippen LogP contribution in [0.2, 0.25) is 0 Å². The van der Waals surface area contributed by atoms with Crippen LogP contribution in [0.25, 0.3) is 0 Å². The minimum atomic E-state index is -0.729. The zero-order valence-electron chi connectivity index (χ0n) is 9.94. The topological polar surface area (TPSA) is 93.1 Å². The van der Waals surface area contributed by atoms with Crippen molar-refractivity contribution in [1.29, 1.82) is 0 Å². The average Bonchev–Trinajstić information content (AvgIpc) is 2.30. The van der Waals surface area contributed by atoms with E-state index in [0.717, 1.165) is 0 Å². The van der Waals surface area contributed by atoms with Crippen LogP contribution in [0.1, 0.15) is 12.8 Å². The van der Waals surface area contributed by atoms with Gasteiger partial charge in [0.15, 0.2) is 11.5 Å². The molecule has 6 nitrogen and oxygen atoms in total. The molecule has 0 aromatic heterocycles. The third-order valence-electron chi connectivity index (χ3n) is 2.28. The van der Waals surface area contributed by atoms with Gasteiger partial charge in [-0.05, 0) is 12.8 Å². The van der Waals surface area contributed by atoms with Crippen molar-refractivity contribution in [2.24, 2.45) is 0 Å². The third-order valence-corrected chi connectivity index (χ3v) is 2.28. The maximum Gasteiger partial charge on any atom is 1.00 e. The van der Waals surface area contributed by atoms with Crippen LogP contribution in [0, 0.1) is 0 Å². The van der Waals surface area contributed by atoms with Crippen molar-refractivity contribution in [1.82, 2.24) is 0 Å². The Kier molecular flexibility index (Phi) is 6.30. The van der Waals surface area contributed by atoms with Gasteiger partial charge in [0.25, 0.3) is 0 Å². The Labute approximate surface area is 120 Å². The molecular weight excluding hydrogens is 239 g/mol. The van der Waals surface area contributed by atoms with Crippen molar-refractivity contribution in [3.05, 3.63) is 22.7 Å². The molecule has 0 aromatic carbocycles. The first-order valence-electron chi connectivity index (χ1n) is 4.54. The summed E-state index contributed by atoms with van der Waals surface area (Å²) in [6.07, 6.45) is 0.236. The summed E-state index contributed by atoms with van der Waals surface area (Å²) >= 11 is 0. The molecule has 1 aliphatic carbocycles. The van der Waals surface area contributed by atoms with Crippen molar-refractivity contribution >= 4 is 11.9 Å². The molecule has 0 heterocycles. The van der Waals surface area contributed by atoms with Gasteiger partial charge in [0.1, 0.15) is 0 Å². The van der Waals surface area contributed by atoms with Crippen LogP contribution in [0.5, 0.6) is 0 Å². The van der Waals surface area contributed by atoms with E-state index in [-0.39, 0.29) is 53.5 Å². The summed E-state index contributed by atoms with van der Waals surface area (Å²) in [6, 6.07) is 0. The average molecular weight is 251 g/mol. The fourth-order valence-electron chi connectivity index (χ4n) is 1.42. The van der Waals surface area contributed by atoms with Gasteiger partial charge in [0.05, 0.1) is 25.4 Å². The van der Waals surface area contributed by atoms with Gasteiger partial charge in [-0.3, -0.25) is 0 Å². The maximum atomic E-state index is 11.2. The first-order valence-corrected chi connectivity index (χ1v) is 4.54. The van der Waals surface area contributed by atoms with Gasteiger partial charge in [-0.2, -0.15) is 0 Å². The first-order chi connectivity index (χ1) is 7.52. The number of esters is 2. The minimum Gasteiger partial charge on any atom is -0.504 e. The molecule has 0 amide bonds. The Morgan fingerprint density at radius 2 is 1.24 bits per heavy atom. The molecule has 0 saturated carbocycles. The van der Waals surface area contributed by atoms with E-state index in [4.69, 9.17) is 0 Å². The largest absolute Gasteiger partial charge is 1.00 e. The molecule has 0 aliphatic heterocycles. The van der Waals surface area contributed by atoms with Crippen LogP contribution in [0.15, 0.2) is 22.7 Å². The minimum absolute atomic E-state index is 0. The van der Waals surface area contributed by atoms with E-state index in [2.05, 4.69) is 9.47 Å². The Morgan fingerprint density at radius 1 is 0.941 bits per heavy atom. The quantitative estimate of drug-likeness (QED) is 0.425. The van der Waals surface area contributed by atoms with E-state index >= 15 is 0 Å². The number of carbonyl (C=O) groups is 2. The van der Waals surface area contributed by atoms with Crippen molar-refractivity contribution in [2.45, 2.75) is 12.8 Å². The molecule has 0 spiro atoms. The zero-order valence-corrected chi connectivity index (χ0v) is 11.9. The number of methoxy groups -OCH3 is 2. The first kappa shape index (κ1) is 16.0. The molecule has 7 heteroatoms. The molecule has 1 rings (SSSR count). The molecule has 2 N–H and O–H groups in total. The predicted octanol–water partition coefficient (Wildman–Crippen LogP) is -2.25. The number of aliphatic hydroxyl groups is 2. The van der Waals surface area contributed by atoms with Crippen molar-refractivity contribution in [2.75, 3.05) is 14.2 Å². The van der Waals surface area contributed by atoms with Gasteiger partial charge in [-0.1, -0.05) is 0 Å². The monoisotopic (exact) mass is 251 g/mol. The van der Waals surface area contributed by atoms with Crippen molar-refractivity contribution < 1.29 is 58.8 Å². The van der Waals surface area contributed by atoms with Gasteiger partial charge in [-0.15, -0.1) is 0 Å². The van der Waals surface area contributed by atoms with Gasteiger partial charge in [0, 0.05) is 0 Å². The Balaban J connectivity index is 0.00000256. The van der Waals surface area contributed by atoms with Gasteiger partial charge < -0.3 is 19.7 Å². The second-order valence-electron chi connectivity index (χ2n) is 3.14. The van der Waals surface area contributed by atoms with E-state index in [0.29, 0.717) is 0 Å². The molecule has 0 bridgehead atoms. The Bertz CT molecular complexity index is 358. The van der Waals surface area contributed by atoms with Crippen LogP contribution in [0.4, 0.5) is 0 Å². The molecule has 1 aliphatic rings. The second kappa shape index (κ2) is 6.68. The molecule has 0 radical (unpaired) electrons. The summed E-state index contributed by atoms with van der Waals surface area (Å²) < 4.78 is 8.85. The molecule has 0 unspecified atom stereocenters. The van der Waals surface area contributed by atoms with Gasteiger partial charge >= 0.3 is 41.5 Å². The molecule has 88 valence electrons. The van der Waals surface area contributed by atoms with E-state index in [9.17, 15) is 19.8 Å². The molecule has 17 heavy (non-hydrogen) atoms. The second-order valence-corrected chi connectivity index (χ2v) is 3.14. The SMILES string of the molecule is COC(=O)C1=C(O)C(O)=C(C(=O)OC)CC1.[Na+]. The summed E-state index contributed by atoms with van der Waals surface area (Å²) in [5.74, 6) is -2.71. The number of carbonyl (C=O) groups excluding carboxylic acids is 2. The summed E-state index contributed by atoms with van der Waals surface area (Å²) in [5.41, 5.74) is -0.0969. The summed E-state index contributed by atoms with van der Waals surface area (Å²) in [4.78, 5) is 22.4. The Hall–Kier alpha value is -0.980. The summed E-state index contributed by atoms with van der Waals surface area (Å²) in [6.45, 7) is 0. The fourth-order valence-corrected chi connectivity index (χ4v) is 1.42. The number of aliphatic hydroxyl groups excluding tert-OH is 2. The summed E-state index contributed by atoms with van der Waals surface area (Å²) in [5, 5.41) is 19.0. The molecule has 0 saturated heterocycles. The van der Waals surface area contributed by atoms with Gasteiger partial charge in [0.2, 0.25) is 0 Å². The summed E-state index contributed by atoms with van der Waals surface area (Å²) in [7, 11) is 2.33. The number of ether oxygens (including phenoxy) is 2. The van der Waals surface area contributed by atoms with Gasteiger partial charge in [-0.25, -0.2) is 9.59 Å². The van der Waals surface area contributed by atoms with Crippen LogP contribution < -0.4 is 29.6 Å². The molecule has 0 aromatic rings. The van der Waals surface area contributed by atoms with E-state index < -0.39 is 23.5 Å². The predicted molar refractivity (Wildman–Crippen MR) is 52.6 cm³/mol. The standard InChI is InChI=1S/C10H12O6.Na/c1-15-9(13)5-3-4-6(10(14)16-2)8(12)7(5)11;/h11-12H,3-4H2,1-2H3;/q;+1. The Morgan fingerprint density at radius 3 is 1.47 bits per heavy atom. The fraction of sp³-hybridized carbons (Fsp3) is 0.400. The normalized spacial score (nSPS) is 15.2.